The second-order valence-electron chi connectivity index (χ2n) is 4.19. The van der Waals surface area contributed by atoms with E-state index in [0.29, 0.717) is 0 Å². The molecule has 0 fully saturated rings. The first-order valence-corrected chi connectivity index (χ1v) is 6.46. The van der Waals surface area contributed by atoms with Crippen molar-refractivity contribution in [2.75, 3.05) is 0 Å². The van der Waals surface area contributed by atoms with Gasteiger partial charge in [0.25, 0.3) is 0 Å². The van der Waals surface area contributed by atoms with Crippen molar-refractivity contribution in [1.82, 2.24) is 0 Å². The number of thiophene rings is 1. The third-order valence-corrected chi connectivity index (χ3v) is 3.70. The molecule has 14 heavy (non-hydrogen) atoms. The minimum absolute atomic E-state index is 0.257. The summed E-state index contributed by atoms with van der Waals surface area (Å²) in [6.45, 7) is 2.29. The van der Waals surface area contributed by atoms with E-state index in [1.807, 2.05) is 0 Å². The molecule has 0 N–H and O–H groups in total. The summed E-state index contributed by atoms with van der Waals surface area (Å²) in [5.41, 5.74) is 2.95. The monoisotopic (exact) mass is 226 g/mol. The Bertz CT molecular complexity index is 313. The van der Waals surface area contributed by atoms with E-state index in [-0.39, 0.29) is 5.38 Å². The molecule has 1 heterocycles. The zero-order valence-corrected chi connectivity index (χ0v) is 9.94. The fourth-order valence-electron chi connectivity index (χ4n) is 2.09. The zero-order chi connectivity index (χ0) is 9.97. The lowest BCUT2D eigenvalue weighted by molar-refractivity contribution is 0.508. The fraction of sp³-hybridized carbons (Fsp3) is 0.500. The molecule has 2 unspecified atom stereocenters. The number of hydrogen-bond donors (Lipinski definition) is 0. The van der Waals surface area contributed by atoms with Crippen LogP contribution in [0.2, 0.25) is 0 Å². The van der Waals surface area contributed by atoms with Crippen LogP contribution < -0.4 is 0 Å². The molecule has 2 rings (SSSR count). The fourth-order valence-corrected chi connectivity index (χ4v) is 3.24. The molecule has 2 atom stereocenters. The second kappa shape index (κ2) is 4.50. The molecule has 0 bridgehead atoms. The van der Waals surface area contributed by atoms with Crippen molar-refractivity contribution < 1.29 is 0 Å². The normalized spacial score (nSPS) is 27.4. The van der Waals surface area contributed by atoms with Gasteiger partial charge in [-0.3, -0.25) is 0 Å². The van der Waals surface area contributed by atoms with Crippen LogP contribution in [-0.2, 0) is 6.42 Å². The lowest BCUT2D eigenvalue weighted by Crippen LogP contribution is -2.12. The SMILES string of the molecule is CC1CC(Cc2ccsc2)=CC(Cl)C1. The summed E-state index contributed by atoms with van der Waals surface area (Å²) in [6, 6.07) is 2.20. The van der Waals surface area contributed by atoms with E-state index in [9.17, 15) is 0 Å². The highest BCUT2D eigenvalue weighted by Crippen LogP contribution is 2.29. The molecule has 0 amide bonds. The van der Waals surface area contributed by atoms with Crippen molar-refractivity contribution in [2.45, 2.75) is 31.6 Å². The van der Waals surface area contributed by atoms with Crippen LogP contribution in [0.15, 0.2) is 28.5 Å². The summed E-state index contributed by atoms with van der Waals surface area (Å²) in [6.07, 6.45) is 5.70. The lowest BCUT2D eigenvalue weighted by Gasteiger charge is -2.22. The Hall–Kier alpha value is -0.270. The smallest absolute Gasteiger partial charge is 0.0521 e. The lowest BCUT2D eigenvalue weighted by atomic mass is 9.87. The van der Waals surface area contributed by atoms with E-state index in [2.05, 4.69) is 29.8 Å². The van der Waals surface area contributed by atoms with Crippen molar-refractivity contribution >= 4 is 22.9 Å². The van der Waals surface area contributed by atoms with Gasteiger partial charge in [-0.2, -0.15) is 11.3 Å². The Labute approximate surface area is 94.6 Å². The molecule has 2 heteroatoms. The highest BCUT2D eigenvalue weighted by Gasteiger charge is 2.17. The molecule has 1 aliphatic carbocycles. The van der Waals surface area contributed by atoms with E-state index in [1.165, 1.54) is 17.6 Å². The number of allylic oxidation sites excluding steroid dienone is 2. The average molecular weight is 227 g/mol. The molecule has 1 aliphatic rings. The summed E-state index contributed by atoms with van der Waals surface area (Å²) >= 11 is 7.94. The molecule has 0 aromatic carbocycles. The summed E-state index contributed by atoms with van der Waals surface area (Å²) in [5, 5.41) is 4.62. The van der Waals surface area contributed by atoms with Crippen molar-refractivity contribution in [3.8, 4) is 0 Å². The third kappa shape index (κ3) is 2.61. The van der Waals surface area contributed by atoms with Crippen LogP contribution in [0.4, 0.5) is 0 Å². The quantitative estimate of drug-likeness (QED) is 0.522. The van der Waals surface area contributed by atoms with Gasteiger partial charge in [0.1, 0.15) is 0 Å². The van der Waals surface area contributed by atoms with Gasteiger partial charge in [0.2, 0.25) is 0 Å². The maximum Gasteiger partial charge on any atom is 0.0521 e. The van der Waals surface area contributed by atoms with Crippen molar-refractivity contribution in [1.29, 1.82) is 0 Å². The van der Waals surface area contributed by atoms with E-state index in [1.54, 1.807) is 11.3 Å². The van der Waals surface area contributed by atoms with Gasteiger partial charge >= 0.3 is 0 Å². The second-order valence-corrected chi connectivity index (χ2v) is 5.53. The van der Waals surface area contributed by atoms with Crippen LogP contribution in [0.1, 0.15) is 25.3 Å². The molecule has 0 saturated heterocycles. The van der Waals surface area contributed by atoms with Crippen LogP contribution in [-0.4, -0.2) is 5.38 Å². The Morgan fingerprint density at radius 3 is 3.07 bits per heavy atom. The standard InChI is InChI=1S/C12H15ClS/c1-9-4-11(7-12(13)5-9)6-10-2-3-14-8-10/h2-3,7-9,12H,4-6H2,1H3. The Kier molecular flexibility index (Phi) is 3.30. The molecule has 76 valence electrons. The molecule has 0 aliphatic heterocycles. The maximum atomic E-state index is 6.17. The van der Waals surface area contributed by atoms with Gasteiger partial charge in [0.05, 0.1) is 5.38 Å². The predicted octanol–water partition coefficient (Wildman–Crippen LogP) is 4.25. The topological polar surface area (TPSA) is 0 Å². The van der Waals surface area contributed by atoms with Crippen LogP contribution in [0.5, 0.6) is 0 Å². The van der Waals surface area contributed by atoms with Gasteiger partial charge < -0.3 is 0 Å². The van der Waals surface area contributed by atoms with Crippen LogP contribution in [0, 0.1) is 5.92 Å². The summed E-state index contributed by atoms with van der Waals surface area (Å²) in [4.78, 5) is 0. The molecule has 0 radical (unpaired) electrons. The highest BCUT2D eigenvalue weighted by molar-refractivity contribution is 7.07. The average Bonchev–Trinajstić information content (AvgIpc) is 2.54. The van der Waals surface area contributed by atoms with Crippen molar-refractivity contribution in [2.24, 2.45) is 5.92 Å². The Morgan fingerprint density at radius 1 is 1.57 bits per heavy atom. The largest absolute Gasteiger partial charge is 0.152 e. The molecular weight excluding hydrogens is 212 g/mol. The van der Waals surface area contributed by atoms with Crippen molar-refractivity contribution in [3.63, 3.8) is 0 Å². The summed E-state index contributed by atoms with van der Waals surface area (Å²) in [5.74, 6) is 0.746. The number of rotatable bonds is 2. The van der Waals surface area contributed by atoms with Gasteiger partial charge in [-0.05, 0) is 47.6 Å². The van der Waals surface area contributed by atoms with E-state index >= 15 is 0 Å². The number of halogens is 1. The van der Waals surface area contributed by atoms with Crippen LogP contribution >= 0.6 is 22.9 Å². The first kappa shape index (κ1) is 10.3. The molecule has 0 nitrogen and oxygen atoms in total. The van der Waals surface area contributed by atoms with Gasteiger partial charge in [-0.1, -0.05) is 18.6 Å². The van der Waals surface area contributed by atoms with Gasteiger partial charge in [0.15, 0.2) is 0 Å². The molecule has 1 aromatic rings. The molecular formula is C12H15ClS. The molecule has 0 saturated carbocycles. The van der Waals surface area contributed by atoms with Crippen LogP contribution in [0.25, 0.3) is 0 Å². The zero-order valence-electron chi connectivity index (χ0n) is 8.37. The van der Waals surface area contributed by atoms with E-state index < -0.39 is 0 Å². The summed E-state index contributed by atoms with van der Waals surface area (Å²) < 4.78 is 0. The Morgan fingerprint density at radius 2 is 2.43 bits per heavy atom. The van der Waals surface area contributed by atoms with Crippen molar-refractivity contribution in [3.05, 3.63) is 34.0 Å². The third-order valence-electron chi connectivity index (χ3n) is 2.67. The van der Waals surface area contributed by atoms with Gasteiger partial charge in [-0.15, -0.1) is 11.6 Å². The minimum atomic E-state index is 0.257. The Balaban J connectivity index is 2.04. The predicted molar refractivity (Wildman–Crippen MR) is 64.1 cm³/mol. The van der Waals surface area contributed by atoms with Gasteiger partial charge in [-0.25, -0.2) is 0 Å². The first-order chi connectivity index (χ1) is 6.74. The number of hydrogen-bond acceptors (Lipinski definition) is 1. The molecule has 1 aromatic heterocycles. The maximum absolute atomic E-state index is 6.17. The highest BCUT2D eigenvalue weighted by atomic mass is 35.5. The number of alkyl halides is 1. The molecule has 0 spiro atoms. The minimum Gasteiger partial charge on any atom is -0.152 e. The van der Waals surface area contributed by atoms with Crippen LogP contribution in [0.3, 0.4) is 0 Å². The van der Waals surface area contributed by atoms with E-state index in [0.717, 1.165) is 18.8 Å². The van der Waals surface area contributed by atoms with E-state index in [4.69, 9.17) is 11.6 Å². The first-order valence-electron chi connectivity index (χ1n) is 5.09. The van der Waals surface area contributed by atoms with Gasteiger partial charge in [0, 0.05) is 0 Å². The summed E-state index contributed by atoms with van der Waals surface area (Å²) in [7, 11) is 0.